The van der Waals surface area contributed by atoms with Gasteiger partial charge in [0, 0.05) is 21.2 Å². The van der Waals surface area contributed by atoms with Gasteiger partial charge in [-0.05, 0) is 13.0 Å². The van der Waals surface area contributed by atoms with Gasteiger partial charge in [-0.2, -0.15) is 0 Å². The Morgan fingerprint density at radius 3 is 2.87 bits per heavy atom. The molecule has 0 radical (unpaired) electrons. The molecule has 78 valence electrons. The zero-order valence-electron chi connectivity index (χ0n) is 7.99. The second-order valence-corrected chi connectivity index (χ2v) is 5.28. The van der Waals surface area contributed by atoms with Crippen molar-refractivity contribution in [2.24, 2.45) is 0 Å². The first-order valence-corrected chi connectivity index (χ1v) is 6.60. The number of hydrogen-bond donors (Lipinski definition) is 0. The van der Waals surface area contributed by atoms with Gasteiger partial charge in [-0.3, -0.25) is 4.79 Å². The van der Waals surface area contributed by atoms with Crippen LogP contribution in [0, 0.1) is 6.92 Å². The highest BCUT2D eigenvalue weighted by atomic mass is 35.5. The number of rotatable bonds is 3. The van der Waals surface area contributed by atoms with Gasteiger partial charge in [0.25, 0.3) is 0 Å². The molecule has 2 aromatic heterocycles. The molecule has 0 aromatic carbocycles. The van der Waals surface area contributed by atoms with Crippen molar-refractivity contribution in [2.45, 2.75) is 6.92 Å². The molecule has 0 aliphatic carbocycles. The van der Waals surface area contributed by atoms with Crippen LogP contribution in [0.15, 0.2) is 16.8 Å². The standard InChI is InChI=1S/C10H8ClNOS2/c1-6-2-7(4-14-6)10-12-8(5-15-10)9(13)3-11/h2,4-5H,3H2,1H3. The van der Waals surface area contributed by atoms with Crippen molar-refractivity contribution in [1.29, 1.82) is 0 Å². The molecule has 0 spiro atoms. The van der Waals surface area contributed by atoms with E-state index in [0.29, 0.717) is 5.69 Å². The molecule has 5 heteroatoms. The van der Waals surface area contributed by atoms with E-state index in [9.17, 15) is 4.79 Å². The monoisotopic (exact) mass is 257 g/mol. The number of thiophene rings is 1. The van der Waals surface area contributed by atoms with E-state index in [2.05, 4.69) is 11.1 Å². The summed E-state index contributed by atoms with van der Waals surface area (Å²) in [5, 5.41) is 4.68. The lowest BCUT2D eigenvalue weighted by molar-refractivity contribution is 0.101. The lowest BCUT2D eigenvalue weighted by Crippen LogP contribution is -1.99. The van der Waals surface area contributed by atoms with Crippen molar-refractivity contribution < 1.29 is 4.79 Å². The van der Waals surface area contributed by atoms with Gasteiger partial charge >= 0.3 is 0 Å². The quantitative estimate of drug-likeness (QED) is 0.621. The summed E-state index contributed by atoms with van der Waals surface area (Å²) in [5.74, 6) is -0.127. The maximum Gasteiger partial charge on any atom is 0.196 e. The predicted molar refractivity (Wildman–Crippen MR) is 65.2 cm³/mol. The highest BCUT2D eigenvalue weighted by molar-refractivity contribution is 7.14. The second-order valence-electron chi connectivity index (χ2n) is 3.04. The van der Waals surface area contributed by atoms with Crippen molar-refractivity contribution in [3.8, 4) is 10.6 Å². The maximum atomic E-state index is 11.3. The zero-order chi connectivity index (χ0) is 10.8. The molecule has 0 aliphatic rings. The predicted octanol–water partition coefficient (Wildman–Crippen LogP) is 3.60. The van der Waals surface area contributed by atoms with Gasteiger partial charge in [0.15, 0.2) is 5.78 Å². The Morgan fingerprint density at radius 1 is 1.47 bits per heavy atom. The SMILES string of the molecule is Cc1cc(-c2nc(C(=O)CCl)cs2)cs1. The van der Waals surface area contributed by atoms with Gasteiger partial charge in [0.1, 0.15) is 10.7 Å². The summed E-state index contributed by atoms with van der Waals surface area (Å²) in [7, 11) is 0. The molecular formula is C10H8ClNOS2. The van der Waals surface area contributed by atoms with Gasteiger partial charge in [0.05, 0.1) is 5.88 Å². The summed E-state index contributed by atoms with van der Waals surface area (Å²) >= 11 is 8.62. The van der Waals surface area contributed by atoms with Crippen LogP contribution in [0.4, 0.5) is 0 Å². The van der Waals surface area contributed by atoms with Crippen LogP contribution in [0.2, 0.25) is 0 Å². The number of thiazole rings is 1. The Kier molecular flexibility index (Phi) is 3.19. The molecule has 2 nitrogen and oxygen atoms in total. The Morgan fingerprint density at radius 2 is 2.27 bits per heavy atom. The summed E-state index contributed by atoms with van der Waals surface area (Å²) in [4.78, 5) is 16.8. The molecule has 0 saturated carbocycles. The molecule has 0 bridgehead atoms. The second kappa shape index (κ2) is 4.43. The number of carbonyl (C=O) groups excluding carboxylic acids is 1. The number of hydrogen-bond acceptors (Lipinski definition) is 4. The number of ketones is 1. The Labute approximate surface area is 101 Å². The van der Waals surface area contributed by atoms with Crippen LogP contribution in [0.1, 0.15) is 15.4 Å². The van der Waals surface area contributed by atoms with Gasteiger partial charge < -0.3 is 0 Å². The average Bonchev–Trinajstić information content (AvgIpc) is 2.84. The van der Waals surface area contributed by atoms with Crippen LogP contribution in [0.3, 0.4) is 0 Å². The first-order chi connectivity index (χ1) is 7.20. The lowest BCUT2D eigenvalue weighted by atomic mass is 10.3. The normalized spacial score (nSPS) is 10.5. The maximum absolute atomic E-state index is 11.3. The summed E-state index contributed by atoms with van der Waals surface area (Å²) in [6.45, 7) is 2.05. The number of aromatic nitrogens is 1. The molecule has 0 amide bonds. The summed E-state index contributed by atoms with van der Waals surface area (Å²) in [6.07, 6.45) is 0. The minimum absolute atomic E-state index is 0.00810. The lowest BCUT2D eigenvalue weighted by Gasteiger charge is -1.88. The van der Waals surface area contributed by atoms with E-state index in [4.69, 9.17) is 11.6 Å². The molecule has 2 heterocycles. The summed E-state index contributed by atoms with van der Waals surface area (Å²) < 4.78 is 0. The van der Waals surface area contributed by atoms with Crippen LogP contribution in [0.25, 0.3) is 10.6 Å². The fraction of sp³-hybridized carbons (Fsp3) is 0.200. The van der Waals surface area contributed by atoms with Gasteiger partial charge in [-0.15, -0.1) is 34.3 Å². The van der Waals surface area contributed by atoms with E-state index >= 15 is 0 Å². The highest BCUT2D eigenvalue weighted by Crippen LogP contribution is 2.28. The number of halogens is 1. The Bertz CT molecular complexity index is 489. The van der Waals surface area contributed by atoms with Crippen molar-refractivity contribution in [1.82, 2.24) is 4.98 Å². The van der Waals surface area contributed by atoms with Gasteiger partial charge in [-0.25, -0.2) is 4.98 Å². The van der Waals surface area contributed by atoms with E-state index in [0.717, 1.165) is 10.6 Å². The third kappa shape index (κ3) is 2.27. The molecule has 0 aliphatic heterocycles. The first-order valence-electron chi connectivity index (χ1n) is 4.31. The van der Waals surface area contributed by atoms with E-state index in [-0.39, 0.29) is 11.7 Å². The Balaban J connectivity index is 2.31. The van der Waals surface area contributed by atoms with Gasteiger partial charge in [-0.1, -0.05) is 0 Å². The number of nitrogens with zero attached hydrogens (tertiary/aromatic N) is 1. The van der Waals surface area contributed by atoms with Crippen LogP contribution < -0.4 is 0 Å². The Hall–Kier alpha value is -0.710. The fourth-order valence-electron chi connectivity index (χ4n) is 1.16. The summed E-state index contributed by atoms with van der Waals surface area (Å²) in [6, 6.07) is 2.07. The highest BCUT2D eigenvalue weighted by Gasteiger charge is 2.11. The minimum Gasteiger partial charge on any atom is -0.291 e. The fourth-order valence-corrected chi connectivity index (χ4v) is 2.87. The topological polar surface area (TPSA) is 30.0 Å². The number of Topliss-reactive ketones (excluding diaryl/α,β-unsaturated/α-hetero) is 1. The number of alkyl halides is 1. The first kappa shape index (κ1) is 10.8. The molecular weight excluding hydrogens is 250 g/mol. The zero-order valence-corrected chi connectivity index (χ0v) is 10.4. The van der Waals surface area contributed by atoms with E-state index in [1.807, 2.05) is 12.3 Å². The number of aryl methyl sites for hydroxylation is 1. The summed E-state index contributed by atoms with van der Waals surface area (Å²) in [5.41, 5.74) is 1.55. The van der Waals surface area contributed by atoms with Crippen molar-refractivity contribution in [2.75, 3.05) is 5.88 Å². The van der Waals surface area contributed by atoms with Crippen LogP contribution in [-0.2, 0) is 0 Å². The van der Waals surface area contributed by atoms with Crippen molar-refractivity contribution in [3.63, 3.8) is 0 Å². The molecule has 0 atom stereocenters. The molecule has 2 aromatic rings. The molecule has 15 heavy (non-hydrogen) atoms. The third-order valence-corrected chi connectivity index (χ3v) is 3.88. The van der Waals surface area contributed by atoms with Crippen LogP contribution in [0.5, 0.6) is 0 Å². The molecule has 0 saturated heterocycles. The smallest absolute Gasteiger partial charge is 0.196 e. The van der Waals surface area contributed by atoms with Crippen LogP contribution >= 0.6 is 34.3 Å². The van der Waals surface area contributed by atoms with E-state index in [1.54, 1.807) is 16.7 Å². The van der Waals surface area contributed by atoms with Crippen molar-refractivity contribution in [3.05, 3.63) is 27.4 Å². The molecule has 0 N–H and O–H groups in total. The van der Waals surface area contributed by atoms with E-state index in [1.165, 1.54) is 16.2 Å². The third-order valence-electron chi connectivity index (χ3n) is 1.89. The van der Waals surface area contributed by atoms with Gasteiger partial charge in [0.2, 0.25) is 0 Å². The number of carbonyl (C=O) groups is 1. The minimum atomic E-state index is -0.119. The molecule has 0 unspecified atom stereocenters. The van der Waals surface area contributed by atoms with Crippen LogP contribution in [-0.4, -0.2) is 16.6 Å². The largest absolute Gasteiger partial charge is 0.291 e. The molecule has 0 fully saturated rings. The average molecular weight is 258 g/mol. The van der Waals surface area contributed by atoms with Crippen molar-refractivity contribution >= 4 is 40.1 Å². The molecule has 2 rings (SSSR count). The van der Waals surface area contributed by atoms with E-state index < -0.39 is 0 Å².